The average Bonchev–Trinajstić information content (AvgIpc) is 3.69. The number of aromatic hydroxyl groups is 1. The lowest BCUT2D eigenvalue weighted by Crippen LogP contribution is -2.51. The minimum atomic E-state index is -4.13. The van der Waals surface area contributed by atoms with Gasteiger partial charge in [0.25, 0.3) is 0 Å². The van der Waals surface area contributed by atoms with E-state index in [1.807, 2.05) is 44.2 Å². The van der Waals surface area contributed by atoms with Gasteiger partial charge in [-0.05, 0) is 61.8 Å². The fourth-order valence-electron chi connectivity index (χ4n) is 6.87. The number of rotatable bonds is 12. The first kappa shape index (κ1) is 34.4. The Kier molecular flexibility index (Phi) is 10.7. The topological polar surface area (TPSA) is 163 Å². The summed E-state index contributed by atoms with van der Waals surface area (Å²) in [5.41, 5.74) is 2.77. The van der Waals surface area contributed by atoms with E-state index >= 15 is 0 Å². The summed E-state index contributed by atoms with van der Waals surface area (Å²) in [6.07, 6.45) is 1.81. The molecule has 1 amide bonds. The van der Waals surface area contributed by atoms with Crippen LogP contribution in [0.1, 0.15) is 57.1 Å². The second-order valence-corrected chi connectivity index (χ2v) is 15.3. The highest BCUT2D eigenvalue weighted by Crippen LogP contribution is 2.34. The number of amides is 1. The van der Waals surface area contributed by atoms with E-state index in [4.69, 9.17) is 19.2 Å². The number of carbonyl (C=O) groups is 1. The van der Waals surface area contributed by atoms with Gasteiger partial charge in [0.2, 0.25) is 10.0 Å². The van der Waals surface area contributed by atoms with Crippen LogP contribution < -0.4 is 5.32 Å². The van der Waals surface area contributed by atoms with Crippen LogP contribution >= 0.6 is 0 Å². The molecule has 0 aliphatic carbocycles. The number of hydrogen-bond acceptors (Lipinski definition) is 9. The van der Waals surface area contributed by atoms with E-state index in [0.29, 0.717) is 36.0 Å². The Bertz CT molecular complexity index is 1710. The number of hydrogen-bond donors (Lipinski definition) is 4. The number of benzene rings is 2. The maximum Gasteiger partial charge on any atom is 0.407 e. The average molecular weight is 683 g/mol. The summed E-state index contributed by atoms with van der Waals surface area (Å²) < 4.78 is 46.8. The van der Waals surface area contributed by atoms with Crippen molar-refractivity contribution >= 4 is 32.7 Å². The van der Waals surface area contributed by atoms with Crippen LogP contribution in [-0.2, 0) is 30.7 Å². The lowest BCUT2D eigenvalue weighted by atomic mass is 10.0. The van der Waals surface area contributed by atoms with Crippen molar-refractivity contribution in [3.05, 3.63) is 59.7 Å². The van der Waals surface area contributed by atoms with Gasteiger partial charge < -0.3 is 34.7 Å². The summed E-state index contributed by atoms with van der Waals surface area (Å²) in [6.45, 7) is 5.12. The molecule has 3 aliphatic rings. The number of ether oxygens (including phenoxy) is 3. The number of aliphatic imine (C=N–C) groups is 1. The van der Waals surface area contributed by atoms with Crippen molar-refractivity contribution < 1.29 is 37.6 Å². The van der Waals surface area contributed by atoms with E-state index in [1.165, 1.54) is 10.4 Å². The first-order valence-corrected chi connectivity index (χ1v) is 18.3. The molecule has 2 unspecified atom stereocenters. The van der Waals surface area contributed by atoms with E-state index in [2.05, 4.69) is 10.3 Å². The van der Waals surface area contributed by atoms with Crippen molar-refractivity contribution in [2.24, 2.45) is 16.8 Å². The van der Waals surface area contributed by atoms with Crippen LogP contribution in [0.25, 0.3) is 10.9 Å². The van der Waals surface area contributed by atoms with Crippen LogP contribution in [0.15, 0.2) is 58.4 Å². The number of aliphatic hydroxyl groups is 1. The zero-order valence-electron chi connectivity index (χ0n) is 27.5. The van der Waals surface area contributed by atoms with Gasteiger partial charge in [0.15, 0.2) is 12.2 Å². The third-order valence-corrected chi connectivity index (χ3v) is 11.1. The molecular formula is C35H46N4O8S. The van der Waals surface area contributed by atoms with Gasteiger partial charge in [-0.3, -0.25) is 4.99 Å². The molecule has 13 heteroatoms. The SMILES string of the molecule is CC(C)CN(C[C@@H](O)[C@H](Cc1ccccc1)NC(=O)O[C@H]1COC2OCCC21)S(=O)(=O)c1ccc2[nH]c(O)c(C3=NCCCCC3)c2c1. The Balaban J connectivity index is 1.25. The fraction of sp³-hybridized carbons (Fsp3) is 0.543. The molecule has 3 aliphatic heterocycles. The number of carbonyl (C=O) groups excluding carboxylic acids is 1. The zero-order chi connectivity index (χ0) is 33.8. The first-order chi connectivity index (χ1) is 23.1. The molecular weight excluding hydrogens is 636 g/mol. The highest BCUT2D eigenvalue weighted by molar-refractivity contribution is 7.89. The minimum Gasteiger partial charge on any atom is -0.494 e. The Morgan fingerprint density at radius 1 is 1.12 bits per heavy atom. The van der Waals surface area contributed by atoms with E-state index in [1.54, 1.807) is 12.1 Å². The molecule has 2 fully saturated rings. The van der Waals surface area contributed by atoms with Crippen LogP contribution in [0.2, 0.25) is 0 Å². The van der Waals surface area contributed by atoms with Crippen molar-refractivity contribution in [2.45, 2.75) is 81.8 Å². The van der Waals surface area contributed by atoms with Crippen LogP contribution in [0, 0.1) is 11.8 Å². The summed E-state index contributed by atoms with van der Waals surface area (Å²) in [7, 11) is -4.13. The van der Waals surface area contributed by atoms with Gasteiger partial charge in [-0.15, -0.1) is 0 Å². The number of aromatic amines is 1. The smallest absolute Gasteiger partial charge is 0.407 e. The highest BCUT2D eigenvalue weighted by Gasteiger charge is 2.44. The maximum atomic E-state index is 14.3. The molecule has 48 heavy (non-hydrogen) atoms. The molecule has 6 rings (SSSR count). The van der Waals surface area contributed by atoms with Gasteiger partial charge in [-0.25, -0.2) is 13.2 Å². The molecule has 5 atom stereocenters. The molecule has 0 radical (unpaired) electrons. The third-order valence-electron chi connectivity index (χ3n) is 9.32. The van der Waals surface area contributed by atoms with Gasteiger partial charge in [-0.2, -0.15) is 4.31 Å². The van der Waals surface area contributed by atoms with Crippen molar-refractivity contribution in [1.82, 2.24) is 14.6 Å². The molecule has 0 bridgehead atoms. The summed E-state index contributed by atoms with van der Waals surface area (Å²) >= 11 is 0. The molecule has 0 saturated carbocycles. The molecule has 260 valence electrons. The largest absolute Gasteiger partial charge is 0.494 e. The highest BCUT2D eigenvalue weighted by atomic mass is 32.2. The number of H-pyrrole nitrogens is 1. The number of aliphatic hydroxyl groups excluding tert-OH is 1. The fourth-order valence-corrected chi connectivity index (χ4v) is 8.52. The molecule has 4 heterocycles. The number of nitrogens with one attached hydrogen (secondary N) is 2. The Morgan fingerprint density at radius 3 is 2.73 bits per heavy atom. The zero-order valence-corrected chi connectivity index (χ0v) is 28.3. The number of alkyl carbamates (subject to hydrolysis) is 1. The van der Waals surface area contributed by atoms with Gasteiger partial charge in [0.05, 0.1) is 41.7 Å². The van der Waals surface area contributed by atoms with Crippen LogP contribution in [0.4, 0.5) is 4.79 Å². The van der Waals surface area contributed by atoms with Crippen molar-refractivity contribution in [3.8, 4) is 5.88 Å². The van der Waals surface area contributed by atoms with Crippen LogP contribution in [0.5, 0.6) is 5.88 Å². The van der Waals surface area contributed by atoms with E-state index in [0.717, 1.165) is 37.0 Å². The molecule has 12 nitrogen and oxygen atoms in total. The molecule has 2 saturated heterocycles. The summed E-state index contributed by atoms with van der Waals surface area (Å²) in [6, 6.07) is 13.3. The summed E-state index contributed by atoms with van der Waals surface area (Å²) in [5, 5.41) is 25.9. The number of sulfonamides is 1. The monoisotopic (exact) mass is 682 g/mol. The van der Waals surface area contributed by atoms with Crippen molar-refractivity contribution in [1.29, 1.82) is 0 Å². The molecule has 4 N–H and O–H groups in total. The number of aromatic nitrogens is 1. The lowest BCUT2D eigenvalue weighted by Gasteiger charge is -2.31. The van der Waals surface area contributed by atoms with Crippen molar-refractivity contribution in [2.75, 3.05) is 32.8 Å². The Labute approximate surface area is 281 Å². The molecule has 3 aromatic rings. The summed E-state index contributed by atoms with van der Waals surface area (Å²) in [5.74, 6) is -0.136. The van der Waals surface area contributed by atoms with Gasteiger partial charge in [0, 0.05) is 36.2 Å². The number of nitrogens with zero attached hydrogens (tertiary/aromatic N) is 2. The lowest BCUT2D eigenvalue weighted by molar-refractivity contribution is -0.0907. The predicted molar refractivity (Wildman–Crippen MR) is 181 cm³/mol. The quantitative estimate of drug-likeness (QED) is 0.219. The van der Waals surface area contributed by atoms with E-state index in [-0.39, 0.29) is 55.0 Å². The summed E-state index contributed by atoms with van der Waals surface area (Å²) in [4.78, 5) is 20.9. The predicted octanol–water partition coefficient (Wildman–Crippen LogP) is 4.34. The molecule has 1 aromatic heterocycles. The standard InChI is InChI=1S/C35H46N4O8S/c1-22(2)19-39(48(43,44)24-12-13-27-26(18-24)32(33(41)37-27)28-11-7-4-8-15-36-28)20-30(40)29(17-23-9-5-3-6-10-23)38-35(42)47-31-21-46-34-25(31)14-16-45-34/h3,5-6,9-10,12-13,18,22,25,29-31,34,37,40-41H,4,7-8,11,14-17,19-21H2,1-2H3,(H,38,42)/t25?,29-,30+,31-,34?/m0/s1. The van der Waals surface area contributed by atoms with Gasteiger partial charge >= 0.3 is 6.09 Å². The van der Waals surface area contributed by atoms with Gasteiger partial charge in [0.1, 0.15) is 6.10 Å². The first-order valence-electron chi connectivity index (χ1n) is 16.9. The molecule has 2 aromatic carbocycles. The van der Waals surface area contributed by atoms with Gasteiger partial charge in [-0.1, -0.05) is 50.6 Å². The van der Waals surface area contributed by atoms with Crippen LogP contribution in [0.3, 0.4) is 0 Å². The second-order valence-electron chi connectivity index (χ2n) is 13.4. The second kappa shape index (κ2) is 15.0. The molecule has 0 spiro atoms. The Morgan fingerprint density at radius 2 is 1.94 bits per heavy atom. The van der Waals surface area contributed by atoms with Crippen molar-refractivity contribution in [3.63, 3.8) is 0 Å². The van der Waals surface area contributed by atoms with E-state index < -0.39 is 34.4 Å². The normalized spacial score (nSPS) is 22.8. The maximum absolute atomic E-state index is 14.3. The Hall–Kier alpha value is -3.49. The van der Waals surface area contributed by atoms with Crippen LogP contribution in [-0.4, -0.2) is 97.1 Å². The van der Waals surface area contributed by atoms with E-state index in [9.17, 15) is 23.4 Å². The minimum absolute atomic E-state index is 0.0310. The number of fused-ring (bicyclic) bond motifs is 2. The third kappa shape index (κ3) is 7.70.